The molecule has 0 atom stereocenters. The Bertz CT molecular complexity index is 404. The second-order valence-corrected chi connectivity index (χ2v) is 3.60. The van der Waals surface area contributed by atoms with Crippen molar-refractivity contribution >= 4 is 21.5 Å². The average molecular weight is 194 g/mol. The monoisotopic (exact) mass is 194 g/mol. The Hall–Kier alpha value is -0.673. The molecule has 4 N–H and O–H groups in total. The largest absolute Gasteiger partial charge is 1.00 e. The standard InChI is InChI=1S/C6H8N2O3S.Li/c7-4-1-2-5(8)6(3-4)12(9,10)11;/h1-3H,7-8H2,(H,9,10,11);/q;+1/p-1. The van der Waals surface area contributed by atoms with Crippen molar-refractivity contribution in [2.75, 3.05) is 11.5 Å². The summed E-state index contributed by atoms with van der Waals surface area (Å²) < 4.78 is 31.5. The van der Waals surface area contributed by atoms with Gasteiger partial charge >= 0.3 is 18.9 Å². The summed E-state index contributed by atoms with van der Waals surface area (Å²) in [6, 6.07) is 3.74. The zero-order valence-corrected chi connectivity index (χ0v) is 7.84. The van der Waals surface area contributed by atoms with Crippen LogP contribution >= 0.6 is 0 Å². The minimum atomic E-state index is -4.51. The summed E-state index contributed by atoms with van der Waals surface area (Å²) in [4.78, 5) is -0.470. The molecule has 0 aromatic heterocycles. The van der Waals surface area contributed by atoms with E-state index in [0.717, 1.165) is 6.07 Å². The van der Waals surface area contributed by atoms with E-state index < -0.39 is 15.0 Å². The van der Waals surface area contributed by atoms with E-state index in [1.165, 1.54) is 12.1 Å². The molecule has 0 fully saturated rings. The molecule has 0 saturated heterocycles. The number of nitrogen functional groups attached to an aromatic ring is 2. The molecule has 0 amide bonds. The summed E-state index contributed by atoms with van der Waals surface area (Å²) in [5.41, 5.74) is 10.6. The van der Waals surface area contributed by atoms with Gasteiger partial charge in [-0.25, -0.2) is 8.42 Å². The summed E-state index contributed by atoms with van der Waals surface area (Å²) in [5.74, 6) is 0. The minimum Gasteiger partial charge on any atom is -0.744 e. The Morgan fingerprint density at radius 1 is 1.23 bits per heavy atom. The van der Waals surface area contributed by atoms with Crippen LogP contribution in [0.15, 0.2) is 23.1 Å². The average Bonchev–Trinajstić information content (AvgIpc) is 1.92. The molecular weight excluding hydrogens is 187 g/mol. The fourth-order valence-corrected chi connectivity index (χ4v) is 1.40. The fraction of sp³-hybridized carbons (Fsp3) is 0. The third-order valence-electron chi connectivity index (χ3n) is 1.31. The second kappa shape index (κ2) is 4.02. The summed E-state index contributed by atoms with van der Waals surface area (Å²) in [5, 5.41) is 0. The Kier molecular flexibility index (Phi) is 3.82. The Morgan fingerprint density at radius 2 is 1.77 bits per heavy atom. The van der Waals surface area contributed by atoms with Crippen LogP contribution in [0.4, 0.5) is 11.4 Å². The van der Waals surface area contributed by atoms with Crippen molar-refractivity contribution < 1.29 is 31.8 Å². The summed E-state index contributed by atoms with van der Waals surface area (Å²) >= 11 is 0. The maximum Gasteiger partial charge on any atom is 1.00 e. The van der Waals surface area contributed by atoms with Gasteiger partial charge in [-0.3, -0.25) is 0 Å². The van der Waals surface area contributed by atoms with Crippen LogP contribution in [-0.2, 0) is 10.1 Å². The van der Waals surface area contributed by atoms with Crippen LogP contribution in [0.1, 0.15) is 0 Å². The molecule has 0 spiro atoms. The molecule has 0 aliphatic rings. The van der Waals surface area contributed by atoms with Gasteiger partial charge < -0.3 is 16.0 Å². The first-order chi connectivity index (χ1) is 5.41. The van der Waals surface area contributed by atoms with Gasteiger partial charge in [-0.2, -0.15) is 0 Å². The van der Waals surface area contributed by atoms with Crippen molar-refractivity contribution in [2.45, 2.75) is 4.90 Å². The molecule has 0 heterocycles. The van der Waals surface area contributed by atoms with E-state index in [2.05, 4.69) is 0 Å². The van der Waals surface area contributed by atoms with Crippen LogP contribution < -0.4 is 30.3 Å². The molecule has 5 nitrogen and oxygen atoms in total. The van der Waals surface area contributed by atoms with Crippen molar-refractivity contribution in [1.82, 2.24) is 0 Å². The van der Waals surface area contributed by atoms with Crippen LogP contribution in [0.3, 0.4) is 0 Å². The molecule has 13 heavy (non-hydrogen) atoms. The molecule has 0 saturated carbocycles. The predicted molar refractivity (Wildman–Crippen MR) is 43.2 cm³/mol. The molecule has 0 unspecified atom stereocenters. The van der Waals surface area contributed by atoms with Gasteiger partial charge in [0, 0.05) is 11.4 Å². The van der Waals surface area contributed by atoms with E-state index >= 15 is 0 Å². The summed E-state index contributed by atoms with van der Waals surface area (Å²) in [6.45, 7) is 0. The number of nitrogens with two attached hydrogens (primary N) is 2. The van der Waals surface area contributed by atoms with Crippen LogP contribution in [0.2, 0.25) is 0 Å². The van der Waals surface area contributed by atoms with Gasteiger partial charge in [0.15, 0.2) is 0 Å². The smallest absolute Gasteiger partial charge is 0.744 e. The van der Waals surface area contributed by atoms with Crippen LogP contribution in [-0.4, -0.2) is 13.0 Å². The van der Waals surface area contributed by atoms with Crippen molar-refractivity contribution in [3.8, 4) is 0 Å². The molecule has 1 rings (SSSR count). The van der Waals surface area contributed by atoms with Gasteiger partial charge in [-0.1, -0.05) is 0 Å². The molecule has 0 aliphatic carbocycles. The maximum atomic E-state index is 10.5. The van der Waals surface area contributed by atoms with Crippen molar-refractivity contribution in [3.05, 3.63) is 18.2 Å². The topological polar surface area (TPSA) is 109 Å². The third-order valence-corrected chi connectivity index (χ3v) is 2.20. The van der Waals surface area contributed by atoms with Gasteiger partial charge in [0.25, 0.3) is 0 Å². The van der Waals surface area contributed by atoms with Crippen LogP contribution in [0.25, 0.3) is 0 Å². The molecule has 0 bridgehead atoms. The Labute approximate surface area is 88.0 Å². The van der Waals surface area contributed by atoms with Crippen LogP contribution in [0, 0.1) is 0 Å². The first-order valence-corrected chi connectivity index (χ1v) is 4.43. The first kappa shape index (κ1) is 12.3. The van der Waals surface area contributed by atoms with Gasteiger partial charge in [0.05, 0.1) is 4.90 Å². The molecule has 1 aromatic rings. The van der Waals surface area contributed by atoms with E-state index in [1.807, 2.05) is 0 Å². The van der Waals surface area contributed by atoms with Crippen molar-refractivity contribution in [3.63, 3.8) is 0 Å². The SMILES string of the molecule is Nc1ccc(N)c(S(=O)(=O)[O-])c1.[Li+]. The first-order valence-electron chi connectivity index (χ1n) is 3.02. The van der Waals surface area contributed by atoms with Gasteiger partial charge in [-0.05, 0) is 18.2 Å². The van der Waals surface area contributed by atoms with E-state index in [-0.39, 0.29) is 30.2 Å². The van der Waals surface area contributed by atoms with E-state index in [9.17, 15) is 13.0 Å². The normalized spacial score (nSPS) is 10.5. The van der Waals surface area contributed by atoms with Gasteiger partial charge in [0.2, 0.25) is 0 Å². The third kappa shape index (κ3) is 2.93. The van der Waals surface area contributed by atoms with Crippen molar-refractivity contribution in [2.24, 2.45) is 0 Å². The second-order valence-electron chi connectivity index (χ2n) is 2.25. The quantitative estimate of drug-likeness (QED) is 0.277. The zero-order valence-electron chi connectivity index (χ0n) is 7.02. The number of hydrogen-bond donors (Lipinski definition) is 2. The predicted octanol–water partition coefficient (Wildman–Crippen LogP) is -3.24. The number of benzene rings is 1. The molecule has 7 heteroatoms. The Balaban J connectivity index is 0.00000144. The Morgan fingerprint density at radius 3 is 2.15 bits per heavy atom. The van der Waals surface area contributed by atoms with Crippen LogP contribution in [0.5, 0.6) is 0 Å². The number of rotatable bonds is 1. The molecular formula is C6H7LiN2O3S. The maximum absolute atomic E-state index is 10.5. The minimum absolute atomic E-state index is 0. The fourth-order valence-electron chi connectivity index (χ4n) is 0.767. The van der Waals surface area contributed by atoms with Crippen molar-refractivity contribution in [1.29, 1.82) is 0 Å². The summed E-state index contributed by atoms with van der Waals surface area (Å²) in [6.07, 6.45) is 0. The van der Waals surface area contributed by atoms with Gasteiger partial charge in [0.1, 0.15) is 10.1 Å². The van der Waals surface area contributed by atoms with Gasteiger partial charge in [-0.15, -0.1) is 0 Å². The number of hydrogen-bond acceptors (Lipinski definition) is 5. The molecule has 0 aliphatic heterocycles. The molecule has 66 valence electrons. The molecule has 0 radical (unpaired) electrons. The molecule has 1 aromatic carbocycles. The number of anilines is 2. The summed E-state index contributed by atoms with van der Waals surface area (Å²) in [7, 11) is -4.51. The van der Waals surface area contributed by atoms with E-state index in [0.29, 0.717) is 0 Å². The van der Waals surface area contributed by atoms with E-state index in [4.69, 9.17) is 11.5 Å². The van der Waals surface area contributed by atoms with E-state index in [1.54, 1.807) is 0 Å². The zero-order chi connectivity index (χ0) is 9.35.